The van der Waals surface area contributed by atoms with Crippen LogP contribution in [0.25, 0.3) is 0 Å². The van der Waals surface area contributed by atoms with Gasteiger partial charge in [0.1, 0.15) is 0 Å². The number of nitrogens with one attached hydrogen (secondary N) is 1. The molecule has 1 N–H and O–H groups in total. The first kappa shape index (κ1) is 17.4. The van der Waals surface area contributed by atoms with E-state index in [9.17, 15) is 9.59 Å². The summed E-state index contributed by atoms with van der Waals surface area (Å²) in [4.78, 5) is 25.0. The van der Waals surface area contributed by atoms with Crippen molar-refractivity contribution in [1.82, 2.24) is 5.32 Å². The number of halogens is 1. The number of rotatable bonds is 7. The van der Waals surface area contributed by atoms with Gasteiger partial charge >= 0.3 is 0 Å². The molecule has 2 aromatic rings. The molecule has 0 atom stereocenters. The first-order valence-corrected chi connectivity index (χ1v) is 8.09. The number of hydrogen-bond donors (Lipinski definition) is 1. The molecule has 0 aromatic heterocycles. The van der Waals surface area contributed by atoms with Crippen LogP contribution in [0.1, 0.15) is 32.7 Å². The highest BCUT2D eigenvalue weighted by Gasteiger charge is 2.17. The Morgan fingerprint density at radius 3 is 2.35 bits per heavy atom. The van der Waals surface area contributed by atoms with E-state index >= 15 is 0 Å². The van der Waals surface area contributed by atoms with Crippen LogP contribution in [-0.2, 0) is 4.74 Å². The summed E-state index contributed by atoms with van der Waals surface area (Å²) in [5, 5.41) is 2.81. The van der Waals surface area contributed by atoms with Gasteiger partial charge in [-0.3, -0.25) is 9.59 Å². The highest BCUT2D eigenvalue weighted by Crippen LogP contribution is 2.17. The first-order chi connectivity index (χ1) is 11.1. The van der Waals surface area contributed by atoms with Crippen molar-refractivity contribution in [2.75, 3.05) is 20.3 Å². The van der Waals surface area contributed by atoms with Gasteiger partial charge in [0.25, 0.3) is 5.91 Å². The third-order valence-corrected chi connectivity index (χ3v) is 3.86. The van der Waals surface area contributed by atoms with Gasteiger partial charge in [0.05, 0.1) is 5.56 Å². The smallest absolute Gasteiger partial charge is 0.252 e. The number of ether oxygens (including phenoxy) is 1. The zero-order valence-corrected chi connectivity index (χ0v) is 14.4. The molecule has 0 spiro atoms. The Morgan fingerprint density at radius 1 is 1.04 bits per heavy atom. The highest BCUT2D eigenvalue weighted by molar-refractivity contribution is 9.10. The van der Waals surface area contributed by atoms with Crippen molar-refractivity contribution in [2.24, 2.45) is 0 Å². The van der Waals surface area contributed by atoms with Crippen LogP contribution >= 0.6 is 15.9 Å². The fraction of sp³-hybridized carbons (Fsp3) is 0.222. The number of amides is 1. The van der Waals surface area contributed by atoms with E-state index in [0.717, 1.165) is 10.9 Å². The third kappa shape index (κ3) is 4.74. The van der Waals surface area contributed by atoms with E-state index in [1.807, 2.05) is 0 Å². The van der Waals surface area contributed by atoms with E-state index in [1.165, 1.54) is 0 Å². The van der Waals surface area contributed by atoms with Crippen LogP contribution in [0.5, 0.6) is 0 Å². The van der Waals surface area contributed by atoms with Crippen molar-refractivity contribution in [3.8, 4) is 0 Å². The topological polar surface area (TPSA) is 55.4 Å². The Labute approximate surface area is 144 Å². The van der Waals surface area contributed by atoms with Crippen LogP contribution in [0.4, 0.5) is 0 Å². The predicted molar refractivity (Wildman–Crippen MR) is 92.8 cm³/mol. The van der Waals surface area contributed by atoms with Gasteiger partial charge in [-0.25, -0.2) is 0 Å². The van der Waals surface area contributed by atoms with Gasteiger partial charge in [-0.1, -0.05) is 34.1 Å². The summed E-state index contributed by atoms with van der Waals surface area (Å²) >= 11 is 3.34. The van der Waals surface area contributed by atoms with Crippen molar-refractivity contribution < 1.29 is 14.3 Å². The molecule has 120 valence electrons. The number of benzene rings is 2. The number of hydrogen-bond acceptors (Lipinski definition) is 3. The van der Waals surface area contributed by atoms with Crippen LogP contribution in [0.2, 0.25) is 0 Å². The average molecular weight is 376 g/mol. The van der Waals surface area contributed by atoms with E-state index in [-0.39, 0.29) is 11.7 Å². The summed E-state index contributed by atoms with van der Waals surface area (Å²) in [6.07, 6.45) is 0.727. The maximum absolute atomic E-state index is 12.6. The van der Waals surface area contributed by atoms with Gasteiger partial charge in [0, 0.05) is 35.9 Å². The molecule has 1 amide bonds. The number of carbonyl (C=O) groups excluding carboxylic acids is 2. The average Bonchev–Trinajstić information content (AvgIpc) is 2.58. The molecule has 0 aliphatic rings. The Hall–Kier alpha value is -1.98. The fourth-order valence-electron chi connectivity index (χ4n) is 2.15. The second kappa shape index (κ2) is 8.60. The SMILES string of the molecule is COCCCNC(=O)c1ccccc1C(=O)c1ccc(Br)cc1. The molecule has 0 radical (unpaired) electrons. The molecule has 0 heterocycles. The van der Waals surface area contributed by atoms with Gasteiger partial charge < -0.3 is 10.1 Å². The molecule has 5 heteroatoms. The van der Waals surface area contributed by atoms with Crippen LogP contribution in [0, 0.1) is 0 Å². The van der Waals surface area contributed by atoms with E-state index in [0.29, 0.717) is 29.8 Å². The van der Waals surface area contributed by atoms with Crippen LogP contribution in [-0.4, -0.2) is 32.0 Å². The van der Waals surface area contributed by atoms with E-state index in [1.54, 1.807) is 55.6 Å². The van der Waals surface area contributed by atoms with Crippen molar-refractivity contribution in [3.63, 3.8) is 0 Å². The summed E-state index contributed by atoms with van der Waals surface area (Å²) in [6.45, 7) is 1.09. The highest BCUT2D eigenvalue weighted by atomic mass is 79.9. The number of methoxy groups -OCH3 is 1. The number of ketones is 1. The molecule has 0 unspecified atom stereocenters. The molecule has 23 heavy (non-hydrogen) atoms. The summed E-state index contributed by atoms with van der Waals surface area (Å²) in [5.74, 6) is -0.415. The van der Waals surface area contributed by atoms with Gasteiger partial charge in [-0.2, -0.15) is 0 Å². The van der Waals surface area contributed by atoms with Crippen LogP contribution < -0.4 is 5.32 Å². The summed E-state index contributed by atoms with van der Waals surface area (Å²) < 4.78 is 5.85. The summed E-state index contributed by atoms with van der Waals surface area (Å²) in [6, 6.07) is 13.9. The van der Waals surface area contributed by atoms with Gasteiger partial charge in [-0.05, 0) is 36.8 Å². The van der Waals surface area contributed by atoms with Gasteiger partial charge in [0.2, 0.25) is 0 Å². The van der Waals surface area contributed by atoms with E-state index in [2.05, 4.69) is 21.2 Å². The molecule has 0 fully saturated rings. The second-order valence-electron chi connectivity index (χ2n) is 4.98. The van der Waals surface area contributed by atoms with E-state index in [4.69, 9.17) is 4.74 Å². The molecule has 2 aromatic carbocycles. The predicted octanol–water partition coefficient (Wildman–Crippen LogP) is 3.45. The van der Waals surface area contributed by atoms with Gasteiger partial charge in [-0.15, -0.1) is 0 Å². The molecule has 0 saturated heterocycles. The number of carbonyl (C=O) groups is 2. The minimum atomic E-state index is -0.248. The zero-order valence-electron chi connectivity index (χ0n) is 12.8. The molecular weight excluding hydrogens is 358 g/mol. The molecule has 0 saturated carbocycles. The Kier molecular flexibility index (Phi) is 6.50. The normalized spacial score (nSPS) is 10.3. The van der Waals surface area contributed by atoms with E-state index < -0.39 is 0 Å². The van der Waals surface area contributed by atoms with Crippen molar-refractivity contribution >= 4 is 27.6 Å². The maximum atomic E-state index is 12.6. The van der Waals surface area contributed by atoms with Crippen molar-refractivity contribution in [2.45, 2.75) is 6.42 Å². The minimum absolute atomic E-state index is 0.167. The Morgan fingerprint density at radius 2 is 1.70 bits per heavy atom. The zero-order chi connectivity index (χ0) is 16.7. The lowest BCUT2D eigenvalue weighted by molar-refractivity contribution is 0.0937. The monoisotopic (exact) mass is 375 g/mol. The van der Waals surface area contributed by atoms with Gasteiger partial charge in [0.15, 0.2) is 5.78 Å². The lowest BCUT2D eigenvalue weighted by Crippen LogP contribution is -2.27. The summed E-state index contributed by atoms with van der Waals surface area (Å²) in [7, 11) is 1.62. The first-order valence-electron chi connectivity index (χ1n) is 7.30. The molecule has 4 nitrogen and oxygen atoms in total. The minimum Gasteiger partial charge on any atom is -0.385 e. The third-order valence-electron chi connectivity index (χ3n) is 3.33. The maximum Gasteiger partial charge on any atom is 0.252 e. The molecule has 2 rings (SSSR count). The lowest BCUT2D eigenvalue weighted by Gasteiger charge is -2.09. The fourth-order valence-corrected chi connectivity index (χ4v) is 2.41. The molecule has 0 bridgehead atoms. The molecule has 0 aliphatic carbocycles. The Balaban J connectivity index is 2.18. The van der Waals surface area contributed by atoms with Crippen molar-refractivity contribution in [1.29, 1.82) is 0 Å². The van der Waals surface area contributed by atoms with Crippen LogP contribution in [0.3, 0.4) is 0 Å². The van der Waals surface area contributed by atoms with Crippen LogP contribution in [0.15, 0.2) is 53.0 Å². The largest absolute Gasteiger partial charge is 0.385 e. The summed E-state index contributed by atoms with van der Waals surface area (Å²) in [5.41, 5.74) is 1.34. The lowest BCUT2D eigenvalue weighted by atomic mass is 9.98. The molecular formula is C18H18BrNO3. The van der Waals surface area contributed by atoms with Crippen molar-refractivity contribution in [3.05, 3.63) is 69.7 Å². The quantitative estimate of drug-likeness (QED) is 0.595. The second-order valence-corrected chi connectivity index (χ2v) is 5.90. The standard InChI is InChI=1S/C18H18BrNO3/c1-23-12-4-11-20-18(22)16-6-3-2-5-15(16)17(21)13-7-9-14(19)10-8-13/h2-3,5-10H,4,11-12H2,1H3,(H,20,22). The molecule has 0 aliphatic heterocycles. The Bertz CT molecular complexity index is 683.